The van der Waals surface area contributed by atoms with Crippen molar-refractivity contribution < 1.29 is 43.9 Å². The molecule has 7 heteroatoms. The van der Waals surface area contributed by atoms with E-state index in [9.17, 15) is 0 Å². The Balaban J connectivity index is 0.000000159. The molecule has 2 unspecified atom stereocenters. The number of furan rings is 4. The average Bonchev–Trinajstić information content (AvgIpc) is 1.61. The van der Waals surface area contributed by atoms with Gasteiger partial charge in [-0.3, -0.25) is 0 Å². The van der Waals surface area contributed by atoms with Crippen molar-refractivity contribution in [2.75, 3.05) is 0 Å². The Morgan fingerprint density at radius 2 is 0.634 bits per heavy atom. The quantitative estimate of drug-likeness (QED) is 0.0904. The van der Waals surface area contributed by atoms with E-state index < -0.39 is 17.6 Å². The Morgan fingerprint density at radius 1 is 0.323 bits per heavy atom. The van der Waals surface area contributed by atoms with E-state index in [0.29, 0.717) is 0 Å². The van der Waals surface area contributed by atoms with Gasteiger partial charge in [-0.1, -0.05) is 217 Å². The van der Waals surface area contributed by atoms with Crippen LogP contribution in [-0.4, -0.2) is 17.6 Å². The van der Waals surface area contributed by atoms with Crippen molar-refractivity contribution in [3.63, 3.8) is 0 Å². The van der Waals surface area contributed by atoms with E-state index in [-0.39, 0.29) is 38.0 Å². The Bertz CT molecular complexity index is 4850. The summed E-state index contributed by atoms with van der Waals surface area (Å²) in [5.74, 6) is 7.18. The van der Waals surface area contributed by atoms with Crippen LogP contribution in [-0.2, 0) is 26.2 Å². The maximum atomic E-state index is 6.45. The third-order valence-corrected chi connectivity index (χ3v) is 22.0. The minimum Gasteiger partial charge on any atom is -0.496 e. The predicted octanol–water partition coefficient (Wildman–Crippen LogP) is 22.6. The van der Waals surface area contributed by atoms with Crippen LogP contribution in [0.15, 0.2) is 248 Å². The summed E-state index contributed by atoms with van der Waals surface area (Å²) < 4.78 is 25.8. The maximum absolute atomic E-state index is 6.45. The summed E-state index contributed by atoms with van der Waals surface area (Å²) in [5, 5.41) is 8.00. The standard InChI is InChI=1S/2C43H36O2Si.Zr/c2*1-26-16-20-32-33(39(26)29-12-8-6-9-13-29)25-35(37-22-18-28(3)45-37)42(32)43-34(36-21-17-27(2)44-36)24-31-19-23-38(46(4)5)40(41(31)43)30-14-10-7-11-15-30;/h2*6-25,42H,1-5H3;/q2*-1;+2. The molecule has 4 nitrogen and oxygen atoms in total. The van der Waals surface area contributed by atoms with Crippen molar-refractivity contribution in [1.29, 1.82) is 0 Å². The first-order valence-corrected chi connectivity index (χ1v) is 37.1. The first-order chi connectivity index (χ1) is 44.8. The minimum atomic E-state index is -0.796. The molecule has 16 rings (SSSR count). The van der Waals surface area contributed by atoms with Crippen molar-refractivity contribution in [2.24, 2.45) is 0 Å². The number of rotatable bonds is 12. The number of hydrogen-bond acceptors (Lipinski definition) is 4. The predicted molar refractivity (Wildman–Crippen MR) is 389 cm³/mol. The van der Waals surface area contributed by atoms with E-state index in [0.717, 1.165) is 57.2 Å². The third kappa shape index (κ3) is 10.9. The fourth-order valence-corrected chi connectivity index (χ4v) is 17.3. The van der Waals surface area contributed by atoms with Crippen LogP contribution in [0.1, 0.15) is 90.9 Å². The van der Waals surface area contributed by atoms with Crippen LogP contribution in [0.5, 0.6) is 0 Å². The topological polar surface area (TPSA) is 52.6 Å². The summed E-state index contributed by atoms with van der Waals surface area (Å²) in [6.07, 6.45) is 4.79. The summed E-state index contributed by atoms with van der Waals surface area (Å²) >= 11 is 0. The average molecular weight is 1320 g/mol. The van der Waals surface area contributed by atoms with E-state index in [1.54, 1.807) is 0 Å². The molecular formula is C86H72O4Si2Zr. The van der Waals surface area contributed by atoms with Gasteiger partial charge in [-0.15, -0.1) is 56.9 Å². The normalized spacial score (nSPS) is 14.2. The van der Waals surface area contributed by atoms with Gasteiger partial charge in [0, 0.05) is 11.8 Å². The van der Waals surface area contributed by atoms with E-state index in [1.165, 1.54) is 132 Å². The second-order valence-corrected chi connectivity index (χ2v) is 30.6. The van der Waals surface area contributed by atoms with Gasteiger partial charge in [0.25, 0.3) is 0 Å². The van der Waals surface area contributed by atoms with Crippen LogP contribution in [0, 0.1) is 41.5 Å². The maximum Gasteiger partial charge on any atom is 2.00 e. The smallest absolute Gasteiger partial charge is 0.496 e. The van der Waals surface area contributed by atoms with E-state index in [1.807, 2.05) is 27.7 Å². The summed E-state index contributed by atoms with van der Waals surface area (Å²) in [6.45, 7) is 22.1. The summed E-state index contributed by atoms with van der Waals surface area (Å²) in [6, 6.07) is 83.7. The van der Waals surface area contributed by atoms with Crippen LogP contribution in [0.25, 0.3) is 112 Å². The van der Waals surface area contributed by atoms with Gasteiger partial charge in [0.1, 0.15) is 23.0 Å². The van der Waals surface area contributed by atoms with Crippen molar-refractivity contribution in [3.8, 4) is 67.2 Å². The van der Waals surface area contributed by atoms with Gasteiger partial charge in [0.2, 0.25) is 0 Å². The number of aryl methyl sites for hydroxylation is 6. The number of benzene rings is 8. The molecule has 0 spiro atoms. The molecule has 0 bridgehead atoms. The zero-order valence-corrected chi connectivity index (χ0v) is 58.8. The van der Waals surface area contributed by atoms with Crippen LogP contribution in [0.3, 0.4) is 0 Å². The van der Waals surface area contributed by atoms with Crippen molar-refractivity contribution in [2.45, 2.75) is 79.6 Å². The van der Waals surface area contributed by atoms with Gasteiger partial charge in [0.15, 0.2) is 0 Å². The molecule has 93 heavy (non-hydrogen) atoms. The first-order valence-electron chi connectivity index (χ1n) is 32.1. The Hall–Kier alpha value is -9.10. The number of allylic oxidation sites excluding steroid dienone is 2. The molecule has 0 saturated carbocycles. The fraction of sp³-hybridized carbons (Fsp3) is 0.140. The molecule has 0 amide bonds. The third-order valence-electron chi connectivity index (χ3n) is 19.0. The molecule has 452 valence electrons. The van der Waals surface area contributed by atoms with Crippen LogP contribution < -0.4 is 10.4 Å². The van der Waals surface area contributed by atoms with Crippen LogP contribution in [0.2, 0.25) is 26.2 Å². The van der Waals surface area contributed by atoms with Gasteiger partial charge in [-0.25, -0.2) is 0 Å². The van der Waals surface area contributed by atoms with Crippen LogP contribution in [0.4, 0.5) is 0 Å². The van der Waals surface area contributed by atoms with Crippen molar-refractivity contribution >= 4 is 72.8 Å². The largest absolute Gasteiger partial charge is 2.00 e. The molecule has 0 saturated heterocycles. The molecule has 2 atom stereocenters. The SMILES string of the molecule is Cc1ccc(C2=Cc3c(ccc(C)c3-c3ccccc3)C2c2c(-c3ccc(C)o3)[cH-]c3ccc([Si](C)C)c(-c4ccccc4)c23)o1.Cc1ccc(C2=Cc3c(ccc(C)c3-c3ccccc3)C2c2c(-c3ccc(C)o3)[cH-]c3ccc([Si](C)C)c(-c4ccccc4)c23)o1.[Zr+2]. The Labute approximate surface area is 568 Å². The monoisotopic (exact) mass is 1310 g/mol. The summed E-state index contributed by atoms with van der Waals surface area (Å²) in [5.41, 5.74) is 25.1. The second-order valence-electron chi connectivity index (χ2n) is 25.5. The number of fused-ring (bicyclic) bond motifs is 4. The molecule has 14 aromatic rings. The van der Waals surface area contributed by atoms with Gasteiger partial charge < -0.3 is 17.7 Å². The zero-order valence-electron chi connectivity index (χ0n) is 54.4. The molecule has 0 N–H and O–H groups in total. The first kappa shape index (κ1) is 61.4. The zero-order chi connectivity index (χ0) is 63.1. The van der Waals surface area contributed by atoms with Gasteiger partial charge >= 0.3 is 26.2 Å². The molecule has 10 aromatic carbocycles. The van der Waals surface area contributed by atoms with Crippen molar-refractivity contribution in [1.82, 2.24) is 0 Å². The van der Waals surface area contributed by atoms with Crippen LogP contribution >= 0.6 is 0 Å². The molecule has 4 heterocycles. The summed E-state index contributed by atoms with van der Waals surface area (Å²) in [4.78, 5) is 0. The molecule has 2 aliphatic rings. The molecule has 4 aromatic heterocycles. The molecule has 2 aliphatic carbocycles. The van der Waals surface area contributed by atoms with E-state index in [2.05, 4.69) is 283 Å². The molecule has 0 fully saturated rings. The molecular weight excluding hydrogens is 1240 g/mol. The van der Waals surface area contributed by atoms with Crippen molar-refractivity contribution in [3.05, 3.63) is 310 Å². The molecule has 2 radical (unpaired) electrons. The van der Waals surface area contributed by atoms with E-state index in [4.69, 9.17) is 17.7 Å². The Kier molecular flexibility index (Phi) is 16.6. The second kappa shape index (κ2) is 25.1. The minimum absolute atomic E-state index is 0. The molecule has 0 aliphatic heterocycles. The van der Waals surface area contributed by atoms with E-state index >= 15 is 0 Å². The fourth-order valence-electron chi connectivity index (χ4n) is 14.9. The van der Waals surface area contributed by atoms with Gasteiger partial charge in [-0.2, -0.15) is 0 Å². The van der Waals surface area contributed by atoms with Gasteiger partial charge in [0.05, 0.1) is 40.6 Å². The Morgan fingerprint density at radius 3 is 0.935 bits per heavy atom. The summed E-state index contributed by atoms with van der Waals surface area (Å²) in [7, 11) is -1.59. The van der Waals surface area contributed by atoms with Gasteiger partial charge in [-0.05, 0) is 180 Å². The number of hydrogen-bond donors (Lipinski definition) is 0.